The summed E-state index contributed by atoms with van der Waals surface area (Å²) >= 11 is 5.73. The van der Waals surface area contributed by atoms with Crippen molar-refractivity contribution < 1.29 is 9.13 Å². The van der Waals surface area contributed by atoms with Gasteiger partial charge in [0.25, 0.3) is 0 Å². The van der Waals surface area contributed by atoms with E-state index in [1.807, 2.05) is 0 Å². The smallest absolute Gasteiger partial charge is 0.129 e. The van der Waals surface area contributed by atoms with Crippen molar-refractivity contribution in [3.05, 3.63) is 34.6 Å². The van der Waals surface area contributed by atoms with Crippen molar-refractivity contribution in [1.82, 2.24) is 0 Å². The Kier molecular flexibility index (Phi) is 4.02. The van der Waals surface area contributed by atoms with Crippen LogP contribution in [0.3, 0.4) is 0 Å². The molecule has 1 heterocycles. The van der Waals surface area contributed by atoms with Crippen LogP contribution in [-0.4, -0.2) is 12.7 Å². The molecule has 2 N–H and O–H groups in total. The van der Waals surface area contributed by atoms with Crippen LogP contribution in [0.2, 0.25) is 5.02 Å². The largest absolute Gasteiger partial charge is 0.378 e. The molecule has 1 aromatic carbocycles. The van der Waals surface area contributed by atoms with Crippen molar-refractivity contribution in [2.24, 2.45) is 11.7 Å². The highest BCUT2D eigenvalue weighted by Crippen LogP contribution is 2.34. The zero-order valence-corrected chi connectivity index (χ0v) is 10.6. The minimum absolute atomic E-state index is 0.139. The number of nitrogens with two attached hydrogens (primary N) is 1. The number of benzene rings is 1. The number of hydrogen-bond acceptors (Lipinski definition) is 2. The van der Waals surface area contributed by atoms with E-state index in [1.54, 1.807) is 12.1 Å². The van der Waals surface area contributed by atoms with Crippen molar-refractivity contribution in [2.75, 3.05) is 6.61 Å². The van der Waals surface area contributed by atoms with Gasteiger partial charge in [0.15, 0.2) is 0 Å². The minimum Gasteiger partial charge on any atom is -0.378 e. The van der Waals surface area contributed by atoms with Crippen molar-refractivity contribution in [2.45, 2.75) is 31.9 Å². The number of halogens is 2. The van der Waals surface area contributed by atoms with Gasteiger partial charge >= 0.3 is 0 Å². The van der Waals surface area contributed by atoms with E-state index in [1.165, 1.54) is 6.07 Å². The summed E-state index contributed by atoms with van der Waals surface area (Å²) in [6.45, 7) is 2.78. The third-order valence-electron chi connectivity index (χ3n) is 3.45. The summed E-state index contributed by atoms with van der Waals surface area (Å²) < 4.78 is 19.4. The molecule has 1 aliphatic heterocycles. The third-order valence-corrected chi connectivity index (χ3v) is 3.68. The van der Waals surface area contributed by atoms with Gasteiger partial charge < -0.3 is 10.5 Å². The molecule has 94 valence electrons. The zero-order valence-electron chi connectivity index (χ0n) is 9.83. The average Bonchev–Trinajstić information content (AvgIpc) is 2.76. The molecule has 0 amide bonds. The fourth-order valence-electron chi connectivity index (χ4n) is 2.50. The van der Waals surface area contributed by atoms with Gasteiger partial charge in [-0.2, -0.15) is 0 Å². The van der Waals surface area contributed by atoms with Crippen LogP contribution in [0.25, 0.3) is 0 Å². The molecule has 3 unspecified atom stereocenters. The first-order valence-corrected chi connectivity index (χ1v) is 6.33. The fourth-order valence-corrected chi connectivity index (χ4v) is 2.66. The van der Waals surface area contributed by atoms with Crippen LogP contribution >= 0.6 is 11.6 Å². The lowest BCUT2D eigenvalue weighted by Gasteiger charge is -2.24. The summed E-state index contributed by atoms with van der Waals surface area (Å²) in [7, 11) is 0. The monoisotopic (exact) mass is 257 g/mol. The molecule has 0 saturated carbocycles. The van der Waals surface area contributed by atoms with E-state index in [0.29, 0.717) is 17.2 Å². The van der Waals surface area contributed by atoms with Gasteiger partial charge in [-0.15, -0.1) is 0 Å². The van der Waals surface area contributed by atoms with E-state index in [9.17, 15) is 4.39 Å². The molecule has 0 bridgehead atoms. The highest BCUT2D eigenvalue weighted by atomic mass is 35.5. The summed E-state index contributed by atoms with van der Waals surface area (Å²) in [5.74, 6) is -0.137. The molecule has 4 heteroatoms. The predicted molar refractivity (Wildman–Crippen MR) is 66.5 cm³/mol. The van der Waals surface area contributed by atoms with Crippen molar-refractivity contribution in [3.8, 4) is 0 Å². The Morgan fingerprint density at radius 1 is 1.59 bits per heavy atom. The molecule has 2 nitrogen and oxygen atoms in total. The Hall–Kier alpha value is -0.640. The lowest BCUT2D eigenvalue weighted by Crippen LogP contribution is -2.28. The van der Waals surface area contributed by atoms with Gasteiger partial charge in [0.2, 0.25) is 0 Å². The van der Waals surface area contributed by atoms with Gasteiger partial charge in [-0.05, 0) is 25.0 Å². The zero-order chi connectivity index (χ0) is 12.4. The second-order valence-electron chi connectivity index (χ2n) is 4.46. The van der Waals surface area contributed by atoms with Gasteiger partial charge in [0.1, 0.15) is 5.82 Å². The van der Waals surface area contributed by atoms with E-state index in [2.05, 4.69) is 6.92 Å². The Morgan fingerprint density at radius 3 is 3.00 bits per heavy atom. The lowest BCUT2D eigenvalue weighted by molar-refractivity contribution is 0.0810. The molecule has 1 fully saturated rings. The van der Waals surface area contributed by atoms with E-state index in [-0.39, 0.29) is 23.9 Å². The number of hydrogen-bond donors (Lipinski definition) is 1. The van der Waals surface area contributed by atoms with Crippen molar-refractivity contribution in [1.29, 1.82) is 0 Å². The van der Waals surface area contributed by atoms with Gasteiger partial charge in [-0.1, -0.05) is 24.6 Å². The maximum atomic E-state index is 13.8. The molecule has 0 spiro atoms. The van der Waals surface area contributed by atoms with Crippen molar-refractivity contribution in [3.63, 3.8) is 0 Å². The number of ether oxygens (including phenoxy) is 1. The third kappa shape index (κ3) is 2.62. The topological polar surface area (TPSA) is 35.2 Å². The Labute approximate surface area is 106 Å². The average molecular weight is 258 g/mol. The maximum absolute atomic E-state index is 13.8. The van der Waals surface area contributed by atoms with Gasteiger partial charge in [-0.3, -0.25) is 0 Å². The first-order chi connectivity index (χ1) is 8.13. The minimum atomic E-state index is -0.327. The first kappa shape index (κ1) is 12.8. The van der Waals surface area contributed by atoms with Crippen LogP contribution in [-0.2, 0) is 4.74 Å². The van der Waals surface area contributed by atoms with Crippen LogP contribution in [0, 0.1) is 11.7 Å². The van der Waals surface area contributed by atoms with E-state index in [0.717, 1.165) is 12.8 Å². The Balaban J connectivity index is 2.21. The highest BCUT2D eigenvalue weighted by molar-refractivity contribution is 6.30. The van der Waals surface area contributed by atoms with Crippen LogP contribution < -0.4 is 5.73 Å². The Morgan fingerprint density at radius 2 is 2.35 bits per heavy atom. The van der Waals surface area contributed by atoms with Crippen LogP contribution in [0.5, 0.6) is 0 Å². The van der Waals surface area contributed by atoms with Crippen LogP contribution in [0.1, 0.15) is 31.4 Å². The molecule has 0 aliphatic carbocycles. The predicted octanol–water partition coefficient (Wildman–Crippen LogP) is 3.29. The van der Waals surface area contributed by atoms with Gasteiger partial charge in [-0.25, -0.2) is 4.39 Å². The SMILES string of the molecule is CCC1OCCC1C(N)c1ccc(Cl)cc1F. The summed E-state index contributed by atoms with van der Waals surface area (Å²) in [6, 6.07) is 4.34. The first-order valence-electron chi connectivity index (χ1n) is 5.95. The lowest BCUT2D eigenvalue weighted by atomic mass is 9.87. The molecule has 0 radical (unpaired) electrons. The summed E-state index contributed by atoms with van der Waals surface area (Å²) in [4.78, 5) is 0. The van der Waals surface area contributed by atoms with Crippen LogP contribution in [0.4, 0.5) is 4.39 Å². The van der Waals surface area contributed by atoms with Crippen LogP contribution in [0.15, 0.2) is 18.2 Å². The molecule has 1 aliphatic rings. The summed E-state index contributed by atoms with van der Waals surface area (Å²) in [5, 5.41) is 0.396. The van der Waals surface area contributed by atoms with E-state index in [4.69, 9.17) is 22.1 Å². The molecule has 1 saturated heterocycles. The molecule has 17 heavy (non-hydrogen) atoms. The quantitative estimate of drug-likeness (QED) is 0.902. The van der Waals surface area contributed by atoms with E-state index < -0.39 is 0 Å². The Bertz CT molecular complexity index is 399. The van der Waals surface area contributed by atoms with Gasteiger partial charge in [0, 0.05) is 29.2 Å². The fraction of sp³-hybridized carbons (Fsp3) is 0.538. The molecule has 3 atom stereocenters. The molecule has 1 aromatic rings. The molecule has 2 rings (SSSR count). The van der Waals surface area contributed by atoms with E-state index >= 15 is 0 Å². The highest BCUT2D eigenvalue weighted by Gasteiger charge is 2.33. The second-order valence-corrected chi connectivity index (χ2v) is 4.90. The summed E-state index contributed by atoms with van der Waals surface area (Å²) in [6.07, 6.45) is 1.94. The molecular formula is C13H17ClFNO. The van der Waals surface area contributed by atoms with Gasteiger partial charge in [0.05, 0.1) is 6.10 Å². The second kappa shape index (κ2) is 5.34. The van der Waals surface area contributed by atoms with Crippen molar-refractivity contribution >= 4 is 11.6 Å². The summed E-state index contributed by atoms with van der Waals surface area (Å²) in [5.41, 5.74) is 6.68. The molecule has 0 aromatic heterocycles. The molecular weight excluding hydrogens is 241 g/mol. The maximum Gasteiger partial charge on any atom is 0.129 e. The standard InChI is InChI=1S/C13H17ClFNO/c1-2-12-10(5-6-17-12)13(16)9-4-3-8(14)7-11(9)15/h3-4,7,10,12-13H,2,5-6,16H2,1H3. The number of rotatable bonds is 3. The normalized spacial score (nSPS) is 26.1.